The maximum Gasteiger partial charge on any atom is 0.00509 e. The van der Waals surface area contributed by atoms with Crippen LogP contribution in [0, 0.1) is 5.41 Å². The Morgan fingerprint density at radius 1 is 1.17 bits per heavy atom. The summed E-state index contributed by atoms with van der Waals surface area (Å²) < 4.78 is 0. The maximum absolute atomic E-state index is 3.59. The summed E-state index contributed by atoms with van der Waals surface area (Å²) in [5, 5.41) is 3.59. The van der Waals surface area contributed by atoms with Gasteiger partial charge in [-0.3, -0.25) is 0 Å². The highest BCUT2D eigenvalue weighted by Crippen LogP contribution is 2.31. The molecule has 0 saturated carbocycles. The second kappa shape index (κ2) is 6.36. The van der Waals surface area contributed by atoms with Gasteiger partial charge in [-0.05, 0) is 77.8 Å². The highest BCUT2D eigenvalue weighted by molar-refractivity contribution is 4.85. The lowest BCUT2D eigenvalue weighted by Gasteiger charge is -2.42. The predicted molar refractivity (Wildman–Crippen MR) is 78.0 cm³/mol. The molecule has 0 aromatic rings. The molecule has 1 N–H and O–H groups in total. The van der Waals surface area contributed by atoms with Crippen molar-refractivity contribution < 1.29 is 0 Å². The molecule has 2 aliphatic rings. The van der Waals surface area contributed by atoms with Gasteiger partial charge in [0.25, 0.3) is 0 Å². The largest absolute Gasteiger partial charge is 0.314 e. The summed E-state index contributed by atoms with van der Waals surface area (Å²) in [6.45, 7) is 12.4. The molecule has 2 aliphatic heterocycles. The summed E-state index contributed by atoms with van der Waals surface area (Å²) in [5.41, 5.74) is 0.558. The SMILES string of the molecule is CC1CCN(CC2(C)CCN(C)CC2)CCCN1. The van der Waals surface area contributed by atoms with Gasteiger partial charge in [0.15, 0.2) is 0 Å². The van der Waals surface area contributed by atoms with Gasteiger partial charge in [0.1, 0.15) is 0 Å². The number of rotatable bonds is 2. The number of likely N-dealkylation sites (tertiary alicyclic amines) is 1. The second-order valence-corrected chi connectivity index (χ2v) is 6.89. The van der Waals surface area contributed by atoms with Crippen molar-refractivity contribution in [1.82, 2.24) is 15.1 Å². The van der Waals surface area contributed by atoms with Crippen LogP contribution in [0.1, 0.15) is 39.5 Å². The van der Waals surface area contributed by atoms with Gasteiger partial charge >= 0.3 is 0 Å². The van der Waals surface area contributed by atoms with Crippen molar-refractivity contribution in [2.75, 3.05) is 46.3 Å². The van der Waals surface area contributed by atoms with Gasteiger partial charge in [-0.1, -0.05) is 6.92 Å². The molecule has 18 heavy (non-hydrogen) atoms. The third kappa shape index (κ3) is 4.22. The third-order valence-electron chi connectivity index (χ3n) is 4.82. The molecule has 2 saturated heterocycles. The van der Waals surface area contributed by atoms with Gasteiger partial charge in [-0.2, -0.15) is 0 Å². The van der Waals surface area contributed by atoms with Crippen LogP contribution in [0.5, 0.6) is 0 Å². The summed E-state index contributed by atoms with van der Waals surface area (Å²) in [5.74, 6) is 0. The summed E-state index contributed by atoms with van der Waals surface area (Å²) in [6, 6.07) is 0.693. The maximum atomic E-state index is 3.59. The molecular weight excluding hydrogens is 222 g/mol. The minimum atomic E-state index is 0.558. The van der Waals surface area contributed by atoms with Crippen LogP contribution in [-0.2, 0) is 0 Å². The van der Waals surface area contributed by atoms with Crippen LogP contribution in [0.4, 0.5) is 0 Å². The van der Waals surface area contributed by atoms with Crippen molar-refractivity contribution >= 4 is 0 Å². The molecule has 3 heteroatoms. The Morgan fingerprint density at radius 2 is 1.89 bits per heavy atom. The van der Waals surface area contributed by atoms with Crippen molar-refractivity contribution in [2.24, 2.45) is 5.41 Å². The molecule has 0 spiro atoms. The molecule has 2 fully saturated rings. The van der Waals surface area contributed by atoms with E-state index >= 15 is 0 Å². The average Bonchev–Trinajstić information content (AvgIpc) is 2.33. The van der Waals surface area contributed by atoms with Crippen LogP contribution in [0.25, 0.3) is 0 Å². The summed E-state index contributed by atoms with van der Waals surface area (Å²) in [4.78, 5) is 5.20. The van der Waals surface area contributed by atoms with Gasteiger partial charge in [0.05, 0.1) is 0 Å². The average molecular weight is 253 g/mol. The summed E-state index contributed by atoms with van der Waals surface area (Å²) >= 11 is 0. The van der Waals surface area contributed by atoms with Crippen molar-refractivity contribution in [3.8, 4) is 0 Å². The van der Waals surface area contributed by atoms with E-state index in [0.29, 0.717) is 11.5 Å². The molecule has 0 bridgehead atoms. The Hall–Kier alpha value is -0.120. The monoisotopic (exact) mass is 253 g/mol. The van der Waals surface area contributed by atoms with Gasteiger partial charge in [0.2, 0.25) is 0 Å². The van der Waals surface area contributed by atoms with Gasteiger partial charge in [-0.25, -0.2) is 0 Å². The van der Waals surface area contributed by atoms with Crippen LogP contribution in [0.3, 0.4) is 0 Å². The van der Waals surface area contributed by atoms with E-state index in [1.807, 2.05) is 0 Å². The van der Waals surface area contributed by atoms with E-state index in [2.05, 4.69) is 36.0 Å². The highest BCUT2D eigenvalue weighted by Gasteiger charge is 2.30. The quantitative estimate of drug-likeness (QED) is 0.809. The molecule has 2 rings (SSSR count). The normalized spacial score (nSPS) is 31.8. The lowest BCUT2D eigenvalue weighted by Crippen LogP contribution is -2.46. The first-order valence-corrected chi connectivity index (χ1v) is 7.72. The lowest BCUT2D eigenvalue weighted by molar-refractivity contribution is 0.0813. The fourth-order valence-electron chi connectivity index (χ4n) is 3.26. The van der Waals surface area contributed by atoms with Crippen LogP contribution in [0.15, 0.2) is 0 Å². The molecular formula is C15H31N3. The number of hydrogen-bond donors (Lipinski definition) is 1. The summed E-state index contributed by atoms with van der Waals surface area (Å²) in [7, 11) is 2.25. The molecule has 0 amide bonds. The van der Waals surface area contributed by atoms with E-state index in [4.69, 9.17) is 0 Å². The van der Waals surface area contributed by atoms with Crippen molar-refractivity contribution in [3.63, 3.8) is 0 Å². The molecule has 3 nitrogen and oxygen atoms in total. The number of nitrogens with zero attached hydrogens (tertiary/aromatic N) is 2. The first-order chi connectivity index (χ1) is 8.57. The topological polar surface area (TPSA) is 18.5 Å². The standard InChI is InChI=1S/C15H31N3/c1-14-5-10-18(9-4-8-16-14)13-15(2)6-11-17(3)12-7-15/h14,16H,4-13H2,1-3H3. The van der Waals surface area contributed by atoms with Crippen LogP contribution < -0.4 is 5.32 Å². The van der Waals surface area contributed by atoms with E-state index < -0.39 is 0 Å². The fourth-order valence-corrected chi connectivity index (χ4v) is 3.26. The third-order valence-corrected chi connectivity index (χ3v) is 4.82. The Morgan fingerprint density at radius 3 is 2.61 bits per heavy atom. The Balaban J connectivity index is 1.83. The zero-order valence-electron chi connectivity index (χ0n) is 12.5. The van der Waals surface area contributed by atoms with Crippen LogP contribution in [-0.4, -0.2) is 62.2 Å². The number of piperidine rings is 1. The van der Waals surface area contributed by atoms with E-state index in [9.17, 15) is 0 Å². The first-order valence-electron chi connectivity index (χ1n) is 7.72. The molecule has 0 aliphatic carbocycles. The Kier molecular flexibility index (Phi) is 5.05. The lowest BCUT2D eigenvalue weighted by atomic mass is 9.80. The molecule has 0 radical (unpaired) electrons. The highest BCUT2D eigenvalue weighted by atomic mass is 15.2. The Bertz CT molecular complexity index is 246. The van der Waals surface area contributed by atoms with Crippen LogP contribution >= 0.6 is 0 Å². The van der Waals surface area contributed by atoms with E-state index in [-0.39, 0.29) is 0 Å². The smallest absolute Gasteiger partial charge is 0.00509 e. The zero-order valence-corrected chi connectivity index (χ0v) is 12.5. The van der Waals surface area contributed by atoms with Gasteiger partial charge in [-0.15, -0.1) is 0 Å². The van der Waals surface area contributed by atoms with Gasteiger partial charge in [0, 0.05) is 12.6 Å². The van der Waals surface area contributed by atoms with E-state index in [1.54, 1.807) is 0 Å². The minimum absolute atomic E-state index is 0.558. The molecule has 0 aromatic carbocycles. The number of nitrogens with one attached hydrogen (secondary N) is 1. The zero-order chi connectivity index (χ0) is 13.0. The Labute approximate surface area is 113 Å². The van der Waals surface area contributed by atoms with Crippen molar-refractivity contribution in [2.45, 2.75) is 45.6 Å². The second-order valence-electron chi connectivity index (χ2n) is 6.89. The fraction of sp³-hybridized carbons (Fsp3) is 1.00. The number of hydrogen-bond acceptors (Lipinski definition) is 3. The minimum Gasteiger partial charge on any atom is -0.314 e. The molecule has 2 heterocycles. The molecule has 1 atom stereocenters. The predicted octanol–water partition coefficient (Wildman–Crippen LogP) is 1.79. The molecule has 1 unspecified atom stereocenters. The van der Waals surface area contributed by atoms with E-state index in [1.165, 1.54) is 65.0 Å². The van der Waals surface area contributed by atoms with Gasteiger partial charge < -0.3 is 15.1 Å². The molecule has 0 aromatic heterocycles. The first kappa shape index (κ1) is 14.3. The van der Waals surface area contributed by atoms with Crippen molar-refractivity contribution in [3.05, 3.63) is 0 Å². The summed E-state index contributed by atoms with van der Waals surface area (Å²) in [6.07, 6.45) is 5.35. The van der Waals surface area contributed by atoms with Crippen molar-refractivity contribution in [1.29, 1.82) is 0 Å². The van der Waals surface area contributed by atoms with Crippen LogP contribution in [0.2, 0.25) is 0 Å². The van der Waals surface area contributed by atoms with E-state index in [0.717, 1.165) is 0 Å². The molecule has 106 valence electrons.